The molecule has 2 atom stereocenters. The van der Waals surface area contributed by atoms with Crippen molar-refractivity contribution in [1.82, 2.24) is 14.5 Å². The lowest BCUT2D eigenvalue weighted by molar-refractivity contribution is -0.131. The Balaban J connectivity index is 1.56. The van der Waals surface area contributed by atoms with E-state index < -0.39 is 0 Å². The van der Waals surface area contributed by atoms with Crippen LogP contribution in [0.1, 0.15) is 43.2 Å². The van der Waals surface area contributed by atoms with E-state index in [0.717, 1.165) is 25.9 Å². The topological polar surface area (TPSA) is 38.1 Å². The van der Waals surface area contributed by atoms with Crippen molar-refractivity contribution in [2.45, 2.75) is 51.6 Å². The quantitative estimate of drug-likeness (QED) is 0.849. The minimum Gasteiger partial charge on any atom is -0.339 e. The van der Waals surface area contributed by atoms with Crippen molar-refractivity contribution in [2.24, 2.45) is 0 Å². The fourth-order valence-electron chi connectivity index (χ4n) is 3.62. The predicted octanol–water partition coefficient (Wildman–Crippen LogP) is 3.38. The summed E-state index contributed by atoms with van der Waals surface area (Å²) in [5.41, 5.74) is 2.73. The van der Waals surface area contributed by atoms with Crippen molar-refractivity contribution >= 4 is 5.91 Å². The van der Waals surface area contributed by atoms with E-state index in [0.29, 0.717) is 18.4 Å². The summed E-state index contributed by atoms with van der Waals surface area (Å²) in [7, 11) is 0. The molecule has 4 heteroatoms. The molecule has 1 saturated heterocycles. The van der Waals surface area contributed by atoms with Gasteiger partial charge in [0.05, 0.1) is 6.33 Å². The summed E-state index contributed by atoms with van der Waals surface area (Å²) in [4.78, 5) is 18.7. The minimum absolute atomic E-state index is 0.286. The van der Waals surface area contributed by atoms with E-state index in [2.05, 4.69) is 48.0 Å². The fraction of sp³-hybridized carbons (Fsp3) is 0.474. The highest BCUT2D eigenvalue weighted by Crippen LogP contribution is 2.33. The molecular weight excluding hydrogens is 286 g/mol. The number of nitrogens with zero attached hydrogens (tertiary/aromatic N) is 3. The van der Waals surface area contributed by atoms with Gasteiger partial charge in [-0.3, -0.25) is 4.79 Å². The minimum atomic E-state index is 0.286. The molecule has 1 aliphatic heterocycles. The number of carbonyl (C=O) groups excluding carboxylic acids is 1. The standard InChI is InChI=1S/C19H25N3O/c1-15-6-3-4-7-18(15)17-12-16(2)22(13-17)19(23)8-5-10-21-11-9-20-14-21/h3-4,6-7,9,11,14,16-17H,5,8,10,12-13H2,1-2H3/t16-,17-/m1/s1. The van der Waals surface area contributed by atoms with Gasteiger partial charge in [0.1, 0.15) is 0 Å². The number of aryl methyl sites for hydroxylation is 2. The maximum Gasteiger partial charge on any atom is 0.222 e. The lowest BCUT2D eigenvalue weighted by Crippen LogP contribution is -2.33. The first-order valence-corrected chi connectivity index (χ1v) is 8.46. The normalized spacial score (nSPS) is 20.9. The van der Waals surface area contributed by atoms with Gasteiger partial charge in [-0.25, -0.2) is 4.98 Å². The number of likely N-dealkylation sites (tertiary alicyclic amines) is 1. The van der Waals surface area contributed by atoms with Crippen LogP contribution in [0, 0.1) is 6.92 Å². The Hall–Kier alpha value is -2.10. The van der Waals surface area contributed by atoms with E-state index >= 15 is 0 Å². The van der Waals surface area contributed by atoms with Crippen LogP contribution in [0.4, 0.5) is 0 Å². The van der Waals surface area contributed by atoms with Crippen LogP contribution in [0.2, 0.25) is 0 Å². The highest BCUT2D eigenvalue weighted by Gasteiger charge is 2.33. The van der Waals surface area contributed by atoms with Gasteiger partial charge in [-0.05, 0) is 37.8 Å². The number of carbonyl (C=O) groups is 1. The van der Waals surface area contributed by atoms with E-state index in [1.807, 2.05) is 10.8 Å². The number of amides is 1. The van der Waals surface area contributed by atoms with Gasteiger partial charge in [-0.15, -0.1) is 0 Å². The first-order chi connectivity index (χ1) is 11.1. The van der Waals surface area contributed by atoms with Gasteiger partial charge in [0, 0.05) is 43.9 Å². The number of imidazole rings is 1. The molecule has 1 aliphatic rings. The Morgan fingerprint density at radius 2 is 2.17 bits per heavy atom. The van der Waals surface area contributed by atoms with Crippen LogP contribution >= 0.6 is 0 Å². The van der Waals surface area contributed by atoms with E-state index in [-0.39, 0.29) is 5.91 Å². The van der Waals surface area contributed by atoms with Gasteiger partial charge < -0.3 is 9.47 Å². The van der Waals surface area contributed by atoms with Crippen LogP contribution in [-0.4, -0.2) is 32.9 Å². The van der Waals surface area contributed by atoms with Crippen molar-refractivity contribution in [3.63, 3.8) is 0 Å². The highest BCUT2D eigenvalue weighted by molar-refractivity contribution is 5.77. The molecule has 0 bridgehead atoms. The molecule has 2 heterocycles. The maximum atomic E-state index is 12.5. The van der Waals surface area contributed by atoms with Gasteiger partial charge in [-0.2, -0.15) is 0 Å². The molecule has 1 fully saturated rings. The van der Waals surface area contributed by atoms with Crippen LogP contribution in [0.15, 0.2) is 43.0 Å². The smallest absolute Gasteiger partial charge is 0.222 e. The van der Waals surface area contributed by atoms with Crippen molar-refractivity contribution in [2.75, 3.05) is 6.54 Å². The summed E-state index contributed by atoms with van der Waals surface area (Å²) in [5, 5.41) is 0. The zero-order valence-corrected chi connectivity index (χ0v) is 14.0. The first kappa shape index (κ1) is 15.8. The Kier molecular flexibility index (Phi) is 4.79. The molecule has 0 unspecified atom stereocenters. The summed E-state index contributed by atoms with van der Waals surface area (Å²) < 4.78 is 2.02. The molecule has 0 N–H and O–H groups in total. The second kappa shape index (κ2) is 6.99. The summed E-state index contributed by atoms with van der Waals surface area (Å²) >= 11 is 0. The molecule has 122 valence electrons. The van der Waals surface area contributed by atoms with Crippen LogP contribution in [0.3, 0.4) is 0 Å². The Morgan fingerprint density at radius 3 is 2.91 bits per heavy atom. The van der Waals surface area contributed by atoms with Gasteiger partial charge in [-0.1, -0.05) is 24.3 Å². The van der Waals surface area contributed by atoms with Crippen LogP contribution < -0.4 is 0 Å². The van der Waals surface area contributed by atoms with Gasteiger partial charge in [0.2, 0.25) is 5.91 Å². The Morgan fingerprint density at radius 1 is 1.35 bits per heavy atom. The van der Waals surface area contributed by atoms with Crippen molar-refractivity contribution in [1.29, 1.82) is 0 Å². The number of hydrogen-bond donors (Lipinski definition) is 0. The van der Waals surface area contributed by atoms with Gasteiger partial charge in [0.25, 0.3) is 0 Å². The molecule has 0 aliphatic carbocycles. The second-order valence-corrected chi connectivity index (χ2v) is 6.59. The van der Waals surface area contributed by atoms with Crippen LogP contribution in [0.25, 0.3) is 0 Å². The first-order valence-electron chi connectivity index (χ1n) is 8.46. The van der Waals surface area contributed by atoms with Gasteiger partial charge in [0.15, 0.2) is 0 Å². The van der Waals surface area contributed by atoms with Crippen molar-refractivity contribution in [3.05, 3.63) is 54.1 Å². The van der Waals surface area contributed by atoms with E-state index in [4.69, 9.17) is 0 Å². The third-order valence-corrected chi connectivity index (χ3v) is 4.89. The molecule has 1 aromatic carbocycles. The molecule has 0 radical (unpaired) electrons. The molecule has 0 spiro atoms. The van der Waals surface area contributed by atoms with Gasteiger partial charge >= 0.3 is 0 Å². The summed E-state index contributed by atoms with van der Waals surface area (Å²) in [6, 6.07) is 8.88. The monoisotopic (exact) mass is 311 g/mol. The summed E-state index contributed by atoms with van der Waals surface area (Å²) in [6.45, 7) is 6.05. The molecule has 1 amide bonds. The van der Waals surface area contributed by atoms with E-state index in [9.17, 15) is 4.79 Å². The number of benzene rings is 1. The third-order valence-electron chi connectivity index (χ3n) is 4.89. The molecule has 4 nitrogen and oxygen atoms in total. The average molecular weight is 311 g/mol. The van der Waals surface area contributed by atoms with Crippen molar-refractivity contribution in [3.8, 4) is 0 Å². The largest absolute Gasteiger partial charge is 0.339 e. The Bertz CT molecular complexity index is 650. The fourth-order valence-corrected chi connectivity index (χ4v) is 3.62. The SMILES string of the molecule is Cc1ccccc1[C@@H]1C[C@@H](C)N(C(=O)CCCn2ccnc2)C1. The van der Waals surface area contributed by atoms with E-state index in [1.54, 1.807) is 12.5 Å². The lowest BCUT2D eigenvalue weighted by Gasteiger charge is -2.21. The van der Waals surface area contributed by atoms with Crippen LogP contribution in [0.5, 0.6) is 0 Å². The summed E-state index contributed by atoms with van der Waals surface area (Å²) in [5.74, 6) is 0.762. The van der Waals surface area contributed by atoms with E-state index in [1.165, 1.54) is 11.1 Å². The molecule has 23 heavy (non-hydrogen) atoms. The second-order valence-electron chi connectivity index (χ2n) is 6.59. The third kappa shape index (κ3) is 3.63. The lowest BCUT2D eigenvalue weighted by atomic mass is 9.93. The molecule has 1 aromatic heterocycles. The average Bonchev–Trinajstić information content (AvgIpc) is 3.17. The summed E-state index contributed by atoms with van der Waals surface area (Å²) in [6.07, 6.45) is 8.07. The molecule has 0 saturated carbocycles. The molecule has 3 rings (SSSR count). The maximum absolute atomic E-state index is 12.5. The zero-order valence-electron chi connectivity index (χ0n) is 14.0. The molecule has 2 aromatic rings. The highest BCUT2D eigenvalue weighted by atomic mass is 16.2. The number of hydrogen-bond acceptors (Lipinski definition) is 2. The molecular formula is C19H25N3O. The van der Waals surface area contributed by atoms with Crippen molar-refractivity contribution < 1.29 is 4.79 Å². The predicted molar refractivity (Wildman–Crippen MR) is 91.2 cm³/mol. The zero-order chi connectivity index (χ0) is 16.2. The van der Waals surface area contributed by atoms with Crippen LogP contribution in [-0.2, 0) is 11.3 Å². The Labute approximate surface area is 138 Å². The number of aromatic nitrogens is 2. The number of rotatable bonds is 5.